The van der Waals surface area contributed by atoms with Gasteiger partial charge in [0.1, 0.15) is 0 Å². The number of hydrogen-bond acceptors (Lipinski definition) is 4. The monoisotopic (exact) mass is 220 g/mol. The number of nitrogens with one attached hydrogen (secondary N) is 1. The molecule has 0 radical (unpaired) electrons. The second-order valence-electron chi connectivity index (χ2n) is 3.82. The van der Waals surface area contributed by atoms with Crippen molar-refractivity contribution in [3.05, 3.63) is 23.5 Å². The minimum absolute atomic E-state index is 0.154. The molecule has 0 aliphatic heterocycles. The van der Waals surface area contributed by atoms with E-state index in [1.165, 1.54) is 0 Å². The van der Waals surface area contributed by atoms with E-state index in [1.807, 2.05) is 20.2 Å². The molecule has 0 aliphatic carbocycles. The number of fused-ring (bicyclic) bond motifs is 1. The lowest BCUT2D eigenvalue weighted by Gasteiger charge is -2.02. The predicted octanol–water partition coefficient (Wildman–Crippen LogP) is 0.359. The Morgan fingerprint density at radius 3 is 3.06 bits per heavy atom. The molecule has 0 unspecified atom stereocenters. The van der Waals surface area contributed by atoms with Crippen molar-refractivity contribution in [2.24, 2.45) is 7.05 Å². The van der Waals surface area contributed by atoms with Crippen LogP contribution >= 0.6 is 0 Å². The van der Waals surface area contributed by atoms with Crippen molar-refractivity contribution in [2.45, 2.75) is 13.5 Å². The third-order valence-corrected chi connectivity index (χ3v) is 2.54. The first-order valence-corrected chi connectivity index (χ1v) is 5.32. The van der Waals surface area contributed by atoms with Crippen LogP contribution in [0.4, 0.5) is 0 Å². The molecule has 0 amide bonds. The molecule has 2 rings (SSSR count). The molecule has 16 heavy (non-hydrogen) atoms. The minimum atomic E-state index is 0.154. The first-order valence-electron chi connectivity index (χ1n) is 5.32. The SMILES string of the molecule is Cc1nn(C)c2ncc(CNCCO)cc12. The van der Waals surface area contributed by atoms with Crippen LogP contribution in [-0.2, 0) is 13.6 Å². The largest absolute Gasteiger partial charge is 0.395 e. The fourth-order valence-electron chi connectivity index (χ4n) is 1.76. The molecule has 0 saturated heterocycles. The number of rotatable bonds is 4. The van der Waals surface area contributed by atoms with E-state index in [-0.39, 0.29) is 6.61 Å². The number of pyridine rings is 1. The lowest BCUT2D eigenvalue weighted by atomic mass is 10.2. The maximum absolute atomic E-state index is 8.67. The van der Waals surface area contributed by atoms with E-state index < -0.39 is 0 Å². The van der Waals surface area contributed by atoms with Gasteiger partial charge in [0.25, 0.3) is 0 Å². The van der Waals surface area contributed by atoms with Crippen LogP contribution in [-0.4, -0.2) is 33.0 Å². The van der Waals surface area contributed by atoms with E-state index in [0.717, 1.165) is 28.8 Å². The Morgan fingerprint density at radius 1 is 1.50 bits per heavy atom. The molecule has 0 spiro atoms. The number of nitrogens with zero attached hydrogens (tertiary/aromatic N) is 3. The fraction of sp³-hybridized carbons (Fsp3) is 0.455. The van der Waals surface area contributed by atoms with E-state index in [0.29, 0.717) is 6.54 Å². The zero-order valence-electron chi connectivity index (χ0n) is 9.56. The van der Waals surface area contributed by atoms with Crippen molar-refractivity contribution in [3.63, 3.8) is 0 Å². The topological polar surface area (TPSA) is 63.0 Å². The van der Waals surface area contributed by atoms with Gasteiger partial charge in [-0.2, -0.15) is 5.10 Å². The molecule has 0 saturated carbocycles. The first-order chi connectivity index (χ1) is 7.72. The van der Waals surface area contributed by atoms with Crippen molar-refractivity contribution < 1.29 is 5.11 Å². The highest BCUT2D eigenvalue weighted by molar-refractivity contribution is 5.78. The summed E-state index contributed by atoms with van der Waals surface area (Å²) in [5.74, 6) is 0. The van der Waals surface area contributed by atoms with Crippen molar-refractivity contribution >= 4 is 11.0 Å². The second kappa shape index (κ2) is 4.59. The smallest absolute Gasteiger partial charge is 0.157 e. The van der Waals surface area contributed by atoms with Gasteiger partial charge in [0.2, 0.25) is 0 Å². The molecule has 2 N–H and O–H groups in total. The van der Waals surface area contributed by atoms with E-state index in [1.54, 1.807) is 4.68 Å². The van der Waals surface area contributed by atoms with Gasteiger partial charge in [0.15, 0.2) is 5.65 Å². The first kappa shape index (κ1) is 11.0. The van der Waals surface area contributed by atoms with Gasteiger partial charge in [-0.15, -0.1) is 0 Å². The van der Waals surface area contributed by atoms with Gasteiger partial charge in [-0.3, -0.25) is 4.68 Å². The summed E-state index contributed by atoms with van der Waals surface area (Å²) in [6.45, 7) is 3.46. The summed E-state index contributed by atoms with van der Waals surface area (Å²) >= 11 is 0. The molecule has 0 fully saturated rings. The summed E-state index contributed by atoms with van der Waals surface area (Å²) in [5.41, 5.74) is 3.01. The Morgan fingerprint density at radius 2 is 2.31 bits per heavy atom. The Labute approximate surface area is 94.1 Å². The summed E-state index contributed by atoms with van der Waals surface area (Å²) < 4.78 is 1.79. The van der Waals surface area contributed by atoms with Crippen LogP contribution < -0.4 is 5.32 Å². The maximum atomic E-state index is 8.67. The van der Waals surface area contributed by atoms with Crippen LogP contribution in [0, 0.1) is 6.92 Å². The molecular formula is C11H16N4O. The number of aromatic nitrogens is 3. The van der Waals surface area contributed by atoms with Crippen LogP contribution in [0.15, 0.2) is 12.3 Å². The Hall–Kier alpha value is -1.46. The quantitative estimate of drug-likeness (QED) is 0.730. The summed E-state index contributed by atoms with van der Waals surface area (Å²) in [6, 6.07) is 2.09. The lowest BCUT2D eigenvalue weighted by molar-refractivity contribution is 0.292. The maximum Gasteiger partial charge on any atom is 0.157 e. The molecule has 2 heterocycles. The highest BCUT2D eigenvalue weighted by Crippen LogP contribution is 2.16. The minimum Gasteiger partial charge on any atom is -0.395 e. The average Bonchev–Trinajstić information content (AvgIpc) is 2.55. The Kier molecular flexibility index (Phi) is 3.17. The summed E-state index contributed by atoms with van der Waals surface area (Å²) in [6.07, 6.45) is 1.84. The predicted molar refractivity (Wildman–Crippen MR) is 62.0 cm³/mol. The van der Waals surface area contributed by atoms with Gasteiger partial charge in [-0.1, -0.05) is 0 Å². The van der Waals surface area contributed by atoms with Crippen molar-refractivity contribution in [2.75, 3.05) is 13.2 Å². The standard InChI is InChI=1S/C11H16N4O/c1-8-10-5-9(6-12-3-4-16)7-13-11(10)15(2)14-8/h5,7,12,16H,3-4,6H2,1-2H3. The Balaban J connectivity index is 2.25. The number of aliphatic hydroxyl groups excluding tert-OH is 1. The fourth-order valence-corrected chi connectivity index (χ4v) is 1.76. The van der Waals surface area contributed by atoms with Crippen molar-refractivity contribution in [3.8, 4) is 0 Å². The molecule has 86 valence electrons. The molecule has 0 bridgehead atoms. The Bertz CT molecular complexity index is 492. The summed E-state index contributed by atoms with van der Waals surface area (Å²) in [4.78, 5) is 4.38. The van der Waals surface area contributed by atoms with Crippen molar-refractivity contribution in [1.82, 2.24) is 20.1 Å². The highest BCUT2D eigenvalue weighted by atomic mass is 16.3. The van der Waals surface area contributed by atoms with Gasteiger partial charge in [-0.05, 0) is 18.6 Å². The summed E-state index contributed by atoms with van der Waals surface area (Å²) in [7, 11) is 1.89. The average molecular weight is 220 g/mol. The number of hydrogen-bond donors (Lipinski definition) is 2. The van der Waals surface area contributed by atoms with Crippen LogP contribution in [0.1, 0.15) is 11.3 Å². The molecule has 2 aromatic rings. The third-order valence-electron chi connectivity index (χ3n) is 2.54. The van der Waals surface area contributed by atoms with Gasteiger partial charge in [-0.25, -0.2) is 4.98 Å². The van der Waals surface area contributed by atoms with Gasteiger partial charge in [0.05, 0.1) is 12.3 Å². The van der Waals surface area contributed by atoms with E-state index >= 15 is 0 Å². The van der Waals surface area contributed by atoms with Gasteiger partial charge >= 0.3 is 0 Å². The highest BCUT2D eigenvalue weighted by Gasteiger charge is 2.06. The molecule has 5 heteroatoms. The lowest BCUT2D eigenvalue weighted by Crippen LogP contribution is -2.17. The zero-order valence-corrected chi connectivity index (χ0v) is 9.56. The molecule has 0 aliphatic rings. The number of aryl methyl sites for hydroxylation is 2. The van der Waals surface area contributed by atoms with Crippen LogP contribution in [0.25, 0.3) is 11.0 Å². The van der Waals surface area contributed by atoms with Crippen LogP contribution in [0.5, 0.6) is 0 Å². The molecule has 0 atom stereocenters. The van der Waals surface area contributed by atoms with E-state index in [9.17, 15) is 0 Å². The normalized spacial score (nSPS) is 11.2. The van der Waals surface area contributed by atoms with E-state index in [2.05, 4.69) is 21.5 Å². The molecular weight excluding hydrogens is 204 g/mol. The van der Waals surface area contributed by atoms with Gasteiger partial charge < -0.3 is 10.4 Å². The summed E-state index contributed by atoms with van der Waals surface area (Å²) in [5, 5.41) is 17.2. The zero-order chi connectivity index (χ0) is 11.5. The van der Waals surface area contributed by atoms with Crippen LogP contribution in [0.2, 0.25) is 0 Å². The van der Waals surface area contributed by atoms with Crippen LogP contribution in [0.3, 0.4) is 0 Å². The van der Waals surface area contributed by atoms with Gasteiger partial charge in [0, 0.05) is 31.7 Å². The molecule has 0 aromatic carbocycles. The molecule has 2 aromatic heterocycles. The third kappa shape index (κ3) is 2.05. The van der Waals surface area contributed by atoms with Crippen molar-refractivity contribution in [1.29, 1.82) is 0 Å². The number of aliphatic hydroxyl groups is 1. The molecule has 5 nitrogen and oxygen atoms in total. The van der Waals surface area contributed by atoms with E-state index in [4.69, 9.17) is 5.11 Å². The second-order valence-corrected chi connectivity index (χ2v) is 3.82.